The van der Waals surface area contributed by atoms with Crippen molar-refractivity contribution in [3.05, 3.63) is 91.7 Å². The highest BCUT2D eigenvalue weighted by molar-refractivity contribution is 9.10. The first kappa shape index (κ1) is 32.6. The van der Waals surface area contributed by atoms with Crippen LogP contribution in [0, 0.1) is 30.0 Å². The molecule has 3 rings (SSSR count). The highest BCUT2D eigenvalue weighted by Gasteiger charge is 2.32. The average molecular weight is 669 g/mol. The molecule has 0 unspecified atom stereocenters. The summed E-state index contributed by atoms with van der Waals surface area (Å²) in [4.78, 5) is 37.6. The Hall–Kier alpha value is -3.88. The van der Waals surface area contributed by atoms with Crippen LogP contribution in [0.4, 0.5) is 23.2 Å². The van der Waals surface area contributed by atoms with Gasteiger partial charge in [-0.1, -0.05) is 39.4 Å². The maximum atomic E-state index is 15.0. The monoisotopic (exact) mass is 667 g/mol. The summed E-state index contributed by atoms with van der Waals surface area (Å²) < 4.78 is 65.0. The number of carbonyl (C=O) groups excluding carboxylic acids is 3. The van der Waals surface area contributed by atoms with E-state index in [-0.39, 0.29) is 43.2 Å². The molecular formula is C30H23BrClF4NO5. The smallest absolute Gasteiger partial charge is 0.416 e. The largest absolute Gasteiger partial charge is 0.483 e. The predicted molar refractivity (Wildman–Crippen MR) is 152 cm³/mol. The van der Waals surface area contributed by atoms with Gasteiger partial charge in [0.1, 0.15) is 17.0 Å². The van der Waals surface area contributed by atoms with E-state index in [1.807, 2.05) is 0 Å². The van der Waals surface area contributed by atoms with Crippen molar-refractivity contribution < 1.29 is 41.4 Å². The second-order valence-electron chi connectivity index (χ2n) is 9.50. The number of hydrogen-bond donors (Lipinski definition) is 1. The Morgan fingerprint density at radius 2 is 1.74 bits per heavy atom. The van der Waals surface area contributed by atoms with Crippen molar-refractivity contribution in [3.8, 4) is 17.6 Å². The van der Waals surface area contributed by atoms with E-state index >= 15 is 0 Å². The van der Waals surface area contributed by atoms with Gasteiger partial charge in [-0.2, -0.15) is 13.2 Å². The maximum absolute atomic E-state index is 15.0. The summed E-state index contributed by atoms with van der Waals surface area (Å²) in [5.74, 6) is 2.37. The summed E-state index contributed by atoms with van der Waals surface area (Å²) in [5, 5.41) is 2.62. The Bertz CT molecular complexity index is 1630. The zero-order valence-corrected chi connectivity index (χ0v) is 25.0. The number of amides is 1. The zero-order chi connectivity index (χ0) is 31.4. The number of carbonyl (C=O) groups is 3. The van der Waals surface area contributed by atoms with Gasteiger partial charge < -0.3 is 14.8 Å². The number of nitrogens with one attached hydrogen (secondary N) is 1. The van der Waals surface area contributed by atoms with E-state index in [2.05, 4.69) is 37.8 Å². The number of hydrogen-bond acceptors (Lipinski definition) is 5. The third kappa shape index (κ3) is 7.89. The normalized spacial score (nSPS) is 11.3. The van der Waals surface area contributed by atoms with Crippen molar-refractivity contribution in [3.63, 3.8) is 0 Å². The molecule has 0 heterocycles. The third-order valence-corrected chi connectivity index (χ3v) is 6.59. The molecule has 1 amide bonds. The van der Waals surface area contributed by atoms with Gasteiger partial charge in [-0.3, -0.25) is 14.4 Å². The molecule has 3 aromatic rings. The van der Waals surface area contributed by atoms with Crippen LogP contribution in [0.1, 0.15) is 46.5 Å². The minimum atomic E-state index is -4.69. The SMILES string of the molecule is COC(=O)C(C)(C)C#Cc1ccc(NC(=O)COc2ccc(Cl)cc2C(=O)c2cc(Br)cc(C(F)(F)F)c2)c(C)c1F. The Kier molecular flexibility index (Phi) is 10.1. The van der Waals surface area contributed by atoms with Gasteiger partial charge in [-0.05, 0) is 69.3 Å². The van der Waals surface area contributed by atoms with Crippen LogP contribution in [0.25, 0.3) is 0 Å². The fraction of sp³-hybridized carbons (Fsp3) is 0.233. The third-order valence-electron chi connectivity index (χ3n) is 5.90. The van der Waals surface area contributed by atoms with Crippen LogP contribution in [-0.4, -0.2) is 31.4 Å². The molecule has 12 heteroatoms. The second kappa shape index (κ2) is 13.0. The molecule has 0 atom stereocenters. The first-order chi connectivity index (χ1) is 19.5. The van der Waals surface area contributed by atoms with Crippen molar-refractivity contribution in [1.82, 2.24) is 0 Å². The number of ether oxygens (including phenoxy) is 2. The lowest BCUT2D eigenvalue weighted by Gasteiger charge is -2.14. The van der Waals surface area contributed by atoms with Crippen LogP contribution in [0.5, 0.6) is 5.75 Å². The van der Waals surface area contributed by atoms with Crippen molar-refractivity contribution in [2.45, 2.75) is 26.9 Å². The van der Waals surface area contributed by atoms with Gasteiger partial charge in [0.05, 0.1) is 23.8 Å². The van der Waals surface area contributed by atoms with Crippen molar-refractivity contribution in [1.29, 1.82) is 0 Å². The van der Waals surface area contributed by atoms with Crippen molar-refractivity contribution in [2.24, 2.45) is 5.41 Å². The minimum absolute atomic E-state index is 0.00396. The number of rotatable bonds is 7. The van der Waals surface area contributed by atoms with Gasteiger partial charge in [0.2, 0.25) is 0 Å². The van der Waals surface area contributed by atoms with Gasteiger partial charge >= 0.3 is 12.1 Å². The van der Waals surface area contributed by atoms with Crippen LogP contribution >= 0.6 is 27.5 Å². The number of alkyl halides is 3. The Balaban J connectivity index is 1.79. The predicted octanol–water partition coefficient (Wildman–Crippen LogP) is 7.37. The van der Waals surface area contributed by atoms with Gasteiger partial charge in [-0.25, -0.2) is 4.39 Å². The standard InChI is InChI=1S/C30H23BrClF4NO5/c1-16-23(7-5-17(26(16)33)9-10-29(2,3)28(40)41-4)37-25(38)15-42-24-8-6-21(32)14-22(24)27(39)18-11-19(30(34,35)36)13-20(31)12-18/h5-8,11-14H,15H2,1-4H3,(H,37,38). The molecule has 220 valence electrons. The number of methoxy groups -OCH3 is 1. The summed E-state index contributed by atoms with van der Waals surface area (Å²) in [6, 6.07) is 9.42. The van der Waals surface area contributed by atoms with E-state index in [1.54, 1.807) is 0 Å². The van der Waals surface area contributed by atoms with E-state index in [0.717, 1.165) is 6.07 Å². The molecule has 0 bridgehead atoms. The van der Waals surface area contributed by atoms with Gasteiger partial charge in [0.15, 0.2) is 12.4 Å². The fourth-order valence-corrected chi connectivity index (χ4v) is 4.29. The molecule has 0 fully saturated rings. The minimum Gasteiger partial charge on any atom is -0.483 e. The molecular weight excluding hydrogens is 646 g/mol. The number of esters is 1. The van der Waals surface area contributed by atoms with Crippen LogP contribution in [0.15, 0.2) is 53.0 Å². The molecule has 0 saturated heterocycles. The molecule has 0 aliphatic heterocycles. The molecule has 1 N–H and O–H groups in total. The van der Waals surface area contributed by atoms with Gasteiger partial charge in [-0.15, -0.1) is 0 Å². The molecule has 0 aromatic heterocycles. The summed E-state index contributed by atoms with van der Waals surface area (Å²) >= 11 is 9.01. The Morgan fingerprint density at radius 3 is 2.38 bits per heavy atom. The van der Waals surface area contributed by atoms with E-state index in [9.17, 15) is 31.9 Å². The molecule has 42 heavy (non-hydrogen) atoms. The highest BCUT2D eigenvalue weighted by atomic mass is 79.9. The number of anilines is 1. The number of benzene rings is 3. The molecule has 3 aromatic carbocycles. The van der Waals surface area contributed by atoms with Gasteiger partial charge in [0, 0.05) is 26.3 Å². The van der Waals surface area contributed by atoms with E-state index in [4.69, 9.17) is 16.3 Å². The first-order valence-corrected chi connectivity index (χ1v) is 13.3. The maximum Gasteiger partial charge on any atom is 0.416 e. The molecule has 0 saturated carbocycles. The first-order valence-electron chi connectivity index (χ1n) is 12.1. The topological polar surface area (TPSA) is 81.7 Å². The van der Waals surface area contributed by atoms with Crippen molar-refractivity contribution in [2.75, 3.05) is 19.0 Å². The fourth-order valence-electron chi connectivity index (χ4n) is 3.62. The molecule has 0 aliphatic carbocycles. The Morgan fingerprint density at radius 1 is 1.05 bits per heavy atom. The molecule has 6 nitrogen and oxygen atoms in total. The number of ketones is 1. The number of halogens is 6. The van der Waals surface area contributed by atoms with Crippen LogP contribution < -0.4 is 10.1 Å². The van der Waals surface area contributed by atoms with Gasteiger partial charge in [0.25, 0.3) is 5.91 Å². The average Bonchev–Trinajstić information content (AvgIpc) is 2.92. The summed E-state index contributed by atoms with van der Waals surface area (Å²) in [6.45, 7) is 3.86. The summed E-state index contributed by atoms with van der Waals surface area (Å²) in [7, 11) is 1.22. The quantitative estimate of drug-likeness (QED) is 0.123. The lowest BCUT2D eigenvalue weighted by Crippen LogP contribution is -2.23. The van der Waals surface area contributed by atoms with Crippen LogP contribution in [0.3, 0.4) is 0 Å². The van der Waals surface area contributed by atoms with E-state index in [0.29, 0.717) is 6.07 Å². The molecule has 0 radical (unpaired) electrons. The Labute approximate surface area is 252 Å². The molecule has 0 spiro atoms. The van der Waals surface area contributed by atoms with Crippen molar-refractivity contribution >= 4 is 50.9 Å². The summed E-state index contributed by atoms with van der Waals surface area (Å²) in [6.07, 6.45) is -4.69. The van der Waals surface area contributed by atoms with E-state index < -0.39 is 47.2 Å². The lowest BCUT2D eigenvalue weighted by molar-refractivity contribution is -0.147. The molecule has 0 aliphatic rings. The lowest BCUT2D eigenvalue weighted by atomic mass is 9.94. The second-order valence-corrected chi connectivity index (χ2v) is 10.9. The van der Waals surface area contributed by atoms with E-state index in [1.165, 1.54) is 64.3 Å². The highest BCUT2D eigenvalue weighted by Crippen LogP contribution is 2.34. The zero-order valence-electron chi connectivity index (χ0n) is 22.6. The van der Waals surface area contributed by atoms with Crippen LogP contribution in [-0.2, 0) is 20.5 Å². The van der Waals surface area contributed by atoms with Crippen LogP contribution in [0.2, 0.25) is 5.02 Å². The summed E-state index contributed by atoms with van der Waals surface area (Å²) in [5.41, 5.74) is -2.44.